The molecule has 2 aliphatic rings. The van der Waals surface area contributed by atoms with Crippen molar-refractivity contribution in [1.29, 1.82) is 5.26 Å². The average molecular weight is 364 g/mol. The molecule has 148 valence electrons. The van der Waals surface area contributed by atoms with Crippen LogP contribution in [0.15, 0.2) is 11.9 Å². The molecular weight excluding hydrogens is 325 g/mol. The molecule has 2 nitrogen and oxygen atoms in total. The monoisotopic (exact) mass is 363 g/mol. The van der Waals surface area contributed by atoms with Crippen molar-refractivity contribution in [2.24, 2.45) is 17.8 Å². The Morgan fingerprint density at radius 1 is 0.962 bits per heavy atom. The summed E-state index contributed by atoms with van der Waals surface area (Å²) in [5, 5.41) is 8.53. The van der Waals surface area contributed by atoms with E-state index in [0.717, 1.165) is 44.1 Å². The van der Waals surface area contributed by atoms with Crippen LogP contribution in [-0.4, -0.2) is 12.7 Å². The highest BCUT2D eigenvalue weighted by Crippen LogP contribution is 2.34. The lowest BCUT2D eigenvalue weighted by Crippen LogP contribution is -2.25. The second-order valence-electron chi connectivity index (χ2n) is 8.59. The Kier molecular flexibility index (Phi) is 10.3. The molecule has 0 aromatic rings. The van der Waals surface area contributed by atoms with E-state index in [2.05, 4.69) is 6.92 Å². The highest BCUT2D eigenvalue weighted by atomic mass is 19.1. The molecule has 2 rings (SSSR count). The maximum Gasteiger partial charge on any atom is 0.196 e. The quantitative estimate of drug-likeness (QED) is 0.306. The largest absolute Gasteiger partial charge is 0.378 e. The van der Waals surface area contributed by atoms with E-state index in [1.54, 1.807) is 6.07 Å². The first-order chi connectivity index (χ1) is 12.7. The molecule has 0 aromatic carbocycles. The van der Waals surface area contributed by atoms with Gasteiger partial charge in [-0.3, -0.25) is 0 Å². The third-order valence-corrected chi connectivity index (χ3v) is 6.46. The standard InChI is InChI=1S/C23H38FNO/c1-2-3-4-5-6-7-19-8-10-21(11-9-19)18-26-23-14-12-20(13-15-23)16-22(24)17-25/h16,19-21,23H,2-15,18H2,1H3/b22-16+/t19-,20-,21-,23-. The summed E-state index contributed by atoms with van der Waals surface area (Å²) in [6.45, 7) is 3.20. The summed E-state index contributed by atoms with van der Waals surface area (Å²) < 4.78 is 19.2. The summed E-state index contributed by atoms with van der Waals surface area (Å²) in [7, 11) is 0. The van der Waals surface area contributed by atoms with Gasteiger partial charge in [-0.2, -0.15) is 9.65 Å². The van der Waals surface area contributed by atoms with Crippen molar-refractivity contribution in [3.8, 4) is 6.07 Å². The van der Waals surface area contributed by atoms with Gasteiger partial charge in [0, 0.05) is 6.61 Å². The normalized spacial score (nSPS) is 30.1. The van der Waals surface area contributed by atoms with Crippen LogP contribution in [0.2, 0.25) is 0 Å². The lowest BCUT2D eigenvalue weighted by molar-refractivity contribution is -0.00672. The van der Waals surface area contributed by atoms with Gasteiger partial charge in [-0.15, -0.1) is 0 Å². The maximum absolute atomic E-state index is 13.0. The Labute approximate surface area is 160 Å². The van der Waals surface area contributed by atoms with E-state index in [-0.39, 0.29) is 5.92 Å². The third-order valence-electron chi connectivity index (χ3n) is 6.46. The van der Waals surface area contributed by atoms with Gasteiger partial charge in [-0.05, 0) is 62.4 Å². The first kappa shape index (κ1) is 21.4. The average Bonchev–Trinajstić information content (AvgIpc) is 2.68. The van der Waals surface area contributed by atoms with Crippen LogP contribution in [0, 0.1) is 29.1 Å². The second-order valence-corrected chi connectivity index (χ2v) is 8.59. The first-order valence-corrected chi connectivity index (χ1v) is 11.1. The summed E-state index contributed by atoms with van der Waals surface area (Å²) in [5.41, 5.74) is 0. The zero-order chi connectivity index (χ0) is 18.6. The molecule has 0 aliphatic heterocycles. The minimum Gasteiger partial charge on any atom is -0.378 e. The fourth-order valence-electron chi connectivity index (χ4n) is 4.66. The second kappa shape index (κ2) is 12.5. The number of unbranched alkanes of at least 4 members (excludes halogenated alkanes) is 4. The van der Waals surface area contributed by atoms with Gasteiger partial charge in [0.2, 0.25) is 0 Å². The van der Waals surface area contributed by atoms with Crippen molar-refractivity contribution < 1.29 is 9.13 Å². The Morgan fingerprint density at radius 3 is 2.27 bits per heavy atom. The number of nitrogens with zero attached hydrogens (tertiary/aromatic N) is 1. The molecule has 0 radical (unpaired) electrons. The highest BCUT2D eigenvalue weighted by molar-refractivity contribution is 5.13. The van der Waals surface area contributed by atoms with Gasteiger partial charge in [-0.1, -0.05) is 58.3 Å². The Balaban J connectivity index is 1.52. The van der Waals surface area contributed by atoms with Gasteiger partial charge in [0.1, 0.15) is 6.07 Å². The number of hydrogen-bond acceptors (Lipinski definition) is 2. The minimum atomic E-state index is -0.628. The van der Waals surface area contributed by atoms with Crippen molar-refractivity contribution in [3.63, 3.8) is 0 Å². The van der Waals surface area contributed by atoms with Crippen LogP contribution in [-0.2, 0) is 4.74 Å². The molecular formula is C23H38FNO. The van der Waals surface area contributed by atoms with E-state index >= 15 is 0 Å². The van der Waals surface area contributed by atoms with E-state index in [1.165, 1.54) is 70.3 Å². The zero-order valence-electron chi connectivity index (χ0n) is 16.7. The minimum absolute atomic E-state index is 0.224. The van der Waals surface area contributed by atoms with Crippen LogP contribution in [0.4, 0.5) is 4.39 Å². The van der Waals surface area contributed by atoms with Gasteiger partial charge in [0.15, 0.2) is 5.83 Å². The van der Waals surface area contributed by atoms with E-state index in [9.17, 15) is 4.39 Å². The van der Waals surface area contributed by atoms with Gasteiger partial charge in [0.25, 0.3) is 0 Å². The molecule has 0 bridgehead atoms. The van der Waals surface area contributed by atoms with Crippen LogP contribution < -0.4 is 0 Å². The molecule has 2 saturated carbocycles. The molecule has 0 aromatic heterocycles. The molecule has 2 aliphatic carbocycles. The predicted molar refractivity (Wildman–Crippen MR) is 105 cm³/mol. The van der Waals surface area contributed by atoms with Crippen molar-refractivity contribution in [1.82, 2.24) is 0 Å². The lowest BCUT2D eigenvalue weighted by Gasteiger charge is -2.31. The molecule has 0 saturated heterocycles. The Bertz CT molecular complexity index is 440. The molecule has 26 heavy (non-hydrogen) atoms. The molecule has 0 heterocycles. The summed E-state index contributed by atoms with van der Waals surface area (Å²) >= 11 is 0. The van der Waals surface area contributed by atoms with Crippen LogP contribution in [0.3, 0.4) is 0 Å². The van der Waals surface area contributed by atoms with Crippen molar-refractivity contribution >= 4 is 0 Å². The molecule has 0 N–H and O–H groups in total. The molecule has 0 amide bonds. The fraction of sp³-hybridized carbons (Fsp3) is 0.870. The predicted octanol–water partition coefficient (Wildman–Crippen LogP) is 7.11. The van der Waals surface area contributed by atoms with Gasteiger partial charge in [0.05, 0.1) is 6.10 Å². The number of halogens is 1. The highest BCUT2D eigenvalue weighted by Gasteiger charge is 2.24. The van der Waals surface area contributed by atoms with Crippen molar-refractivity contribution in [2.45, 2.75) is 103 Å². The van der Waals surface area contributed by atoms with Gasteiger partial charge in [-0.25, -0.2) is 0 Å². The third kappa shape index (κ3) is 8.21. The number of ether oxygens (including phenoxy) is 1. The molecule has 0 unspecified atom stereocenters. The van der Waals surface area contributed by atoms with Crippen molar-refractivity contribution in [2.75, 3.05) is 6.61 Å². The van der Waals surface area contributed by atoms with Gasteiger partial charge < -0.3 is 4.74 Å². The van der Waals surface area contributed by atoms with E-state index < -0.39 is 5.83 Å². The number of rotatable bonds is 10. The van der Waals surface area contributed by atoms with Crippen LogP contribution in [0.1, 0.15) is 96.8 Å². The van der Waals surface area contributed by atoms with E-state index in [4.69, 9.17) is 10.00 Å². The SMILES string of the molecule is CCCCCCC[C@H]1CC[C@H](CO[C@H]2CC[C@H](/C=C(/F)C#N)CC2)CC1. The number of hydrogen-bond donors (Lipinski definition) is 0. The molecule has 0 spiro atoms. The lowest BCUT2D eigenvalue weighted by atomic mass is 9.80. The summed E-state index contributed by atoms with van der Waals surface area (Å²) in [6, 6.07) is 1.58. The van der Waals surface area contributed by atoms with E-state index in [1.807, 2.05) is 0 Å². The fourth-order valence-corrected chi connectivity index (χ4v) is 4.66. The zero-order valence-corrected chi connectivity index (χ0v) is 16.7. The van der Waals surface area contributed by atoms with Crippen LogP contribution >= 0.6 is 0 Å². The smallest absolute Gasteiger partial charge is 0.196 e. The maximum atomic E-state index is 13.0. The topological polar surface area (TPSA) is 33.0 Å². The molecule has 0 atom stereocenters. The Hall–Kier alpha value is -0.880. The summed E-state index contributed by atoms with van der Waals surface area (Å²) in [6.07, 6.45) is 19.7. The van der Waals surface area contributed by atoms with Crippen LogP contribution in [0.5, 0.6) is 0 Å². The van der Waals surface area contributed by atoms with E-state index in [0.29, 0.717) is 6.10 Å². The number of allylic oxidation sites excluding steroid dienone is 2. The Morgan fingerprint density at radius 2 is 1.62 bits per heavy atom. The first-order valence-electron chi connectivity index (χ1n) is 11.1. The van der Waals surface area contributed by atoms with Gasteiger partial charge >= 0.3 is 0 Å². The molecule has 3 heteroatoms. The molecule has 2 fully saturated rings. The van der Waals surface area contributed by atoms with Crippen molar-refractivity contribution in [3.05, 3.63) is 11.9 Å². The van der Waals surface area contributed by atoms with Crippen LogP contribution in [0.25, 0.3) is 0 Å². The number of nitriles is 1. The summed E-state index contributed by atoms with van der Waals surface area (Å²) in [4.78, 5) is 0. The summed E-state index contributed by atoms with van der Waals surface area (Å²) in [5.74, 6) is 1.31.